The molecule has 0 heterocycles. The Morgan fingerprint density at radius 2 is 1.82 bits per heavy atom. The van der Waals surface area contributed by atoms with Crippen molar-refractivity contribution < 1.29 is 24.3 Å². The van der Waals surface area contributed by atoms with E-state index in [-0.39, 0.29) is 18.0 Å². The molecular weight excluding hydrogens is 245 g/mol. The van der Waals surface area contributed by atoms with Crippen molar-refractivity contribution in [2.45, 2.75) is 38.1 Å². The topological polar surface area (TPSA) is 121 Å². The van der Waals surface area contributed by atoms with Crippen molar-refractivity contribution in [3.8, 4) is 0 Å². The minimum atomic E-state index is -4.03. The Labute approximate surface area is 100 Å². The molecule has 0 bridgehead atoms. The largest absolute Gasteiger partial charge is 0.480 e. The lowest BCUT2D eigenvalue weighted by Gasteiger charge is -2.32. The number of carboxylic acids is 1. The van der Waals surface area contributed by atoms with Crippen LogP contribution >= 0.6 is 7.60 Å². The first kappa shape index (κ1) is 14.6. The molecule has 17 heavy (non-hydrogen) atoms. The average Bonchev–Trinajstić information content (AvgIpc) is 2.18. The molecule has 3 atom stereocenters. The van der Waals surface area contributed by atoms with Crippen LogP contribution in [0.1, 0.15) is 32.1 Å². The molecule has 0 radical (unpaired) electrons. The molecule has 0 aromatic heterocycles. The van der Waals surface area contributed by atoms with Crippen LogP contribution in [0.15, 0.2) is 0 Å². The molecule has 100 valence electrons. The minimum absolute atomic E-state index is 0.0162. The van der Waals surface area contributed by atoms with Crippen LogP contribution < -0.4 is 5.73 Å². The van der Waals surface area contributed by atoms with Gasteiger partial charge in [0.25, 0.3) is 0 Å². The van der Waals surface area contributed by atoms with Gasteiger partial charge in [-0.3, -0.25) is 9.36 Å². The van der Waals surface area contributed by atoms with Gasteiger partial charge in [0.05, 0.1) is 6.16 Å². The van der Waals surface area contributed by atoms with Crippen LogP contribution in [0, 0.1) is 11.8 Å². The van der Waals surface area contributed by atoms with Crippen molar-refractivity contribution >= 4 is 13.6 Å². The molecule has 1 aliphatic rings. The van der Waals surface area contributed by atoms with Crippen molar-refractivity contribution in [3.63, 3.8) is 0 Å². The van der Waals surface area contributed by atoms with E-state index in [9.17, 15) is 9.36 Å². The van der Waals surface area contributed by atoms with Gasteiger partial charge in [0.1, 0.15) is 6.04 Å². The molecule has 0 aliphatic heterocycles. The summed E-state index contributed by atoms with van der Waals surface area (Å²) in [6, 6.07) is -0.933. The lowest BCUT2D eigenvalue weighted by molar-refractivity contribution is -0.139. The second-order valence-corrected chi connectivity index (χ2v) is 6.53. The smallest absolute Gasteiger partial charge is 0.325 e. The molecule has 1 aliphatic carbocycles. The van der Waals surface area contributed by atoms with Crippen molar-refractivity contribution in [3.05, 3.63) is 0 Å². The molecule has 2 unspecified atom stereocenters. The maximum Gasteiger partial charge on any atom is 0.325 e. The highest BCUT2D eigenvalue weighted by atomic mass is 31.2. The van der Waals surface area contributed by atoms with Crippen LogP contribution in [0.25, 0.3) is 0 Å². The monoisotopic (exact) mass is 265 g/mol. The summed E-state index contributed by atoms with van der Waals surface area (Å²) in [7, 11) is -4.03. The number of aliphatic carboxylic acids is 1. The normalized spacial score (nSPS) is 27.7. The Morgan fingerprint density at radius 1 is 1.29 bits per heavy atom. The predicted molar refractivity (Wildman–Crippen MR) is 62.6 cm³/mol. The molecule has 0 amide bonds. The van der Waals surface area contributed by atoms with Crippen LogP contribution in [0.2, 0.25) is 0 Å². The molecule has 7 heteroatoms. The Hall–Kier alpha value is -0.420. The van der Waals surface area contributed by atoms with Gasteiger partial charge in [-0.1, -0.05) is 19.3 Å². The Morgan fingerprint density at radius 3 is 2.29 bits per heavy atom. The lowest BCUT2D eigenvalue weighted by atomic mass is 9.77. The van der Waals surface area contributed by atoms with Crippen LogP contribution in [-0.4, -0.2) is 33.1 Å². The number of carboxylic acid groups (broad SMARTS) is 1. The van der Waals surface area contributed by atoms with E-state index in [1.54, 1.807) is 0 Å². The fourth-order valence-electron chi connectivity index (χ4n) is 2.57. The fraction of sp³-hybridized carbons (Fsp3) is 0.900. The third-order valence-electron chi connectivity index (χ3n) is 3.41. The lowest BCUT2D eigenvalue weighted by Crippen LogP contribution is -2.36. The Bertz CT molecular complexity index is 316. The molecule has 1 fully saturated rings. The number of hydrogen-bond donors (Lipinski definition) is 4. The van der Waals surface area contributed by atoms with Gasteiger partial charge in [0, 0.05) is 0 Å². The summed E-state index contributed by atoms with van der Waals surface area (Å²) in [5.74, 6) is -1.14. The van der Waals surface area contributed by atoms with Gasteiger partial charge in [-0.25, -0.2) is 0 Å². The van der Waals surface area contributed by atoms with E-state index in [0.29, 0.717) is 6.42 Å². The molecule has 0 aromatic rings. The summed E-state index contributed by atoms with van der Waals surface area (Å²) in [4.78, 5) is 28.7. The third kappa shape index (κ3) is 5.17. The summed E-state index contributed by atoms with van der Waals surface area (Å²) < 4.78 is 11.0. The van der Waals surface area contributed by atoms with Gasteiger partial charge in [-0.15, -0.1) is 0 Å². The average molecular weight is 265 g/mol. The zero-order valence-electron chi connectivity index (χ0n) is 9.66. The van der Waals surface area contributed by atoms with E-state index in [4.69, 9.17) is 20.6 Å². The molecule has 0 saturated heterocycles. The standard InChI is InChI=1S/C10H20NO5P/c11-9(10(12)13)5-7-3-1-2-4-8(7)6-17(14,15)16/h7-9H,1-6,11H2,(H,12,13)(H2,14,15,16)/t7?,8?,9-/m1/s1. The molecule has 6 nitrogen and oxygen atoms in total. The highest BCUT2D eigenvalue weighted by Gasteiger charge is 2.32. The summed E-state index contributed by atoms with van der Waals surface area (Å²) in [5, 5.41) is 8.75. The van der Waals surface area contributed by atoms with E-state index in [1.807, 2.05) is 0 Å². The molecule has 1 saturated carbocycles. The number of nitrogens with two attached hydrogens (primary N) is 1. The van der Waals surface area contributed by atoms with E-state index in [2.05, 4.69) is 0 Å². The van der Waals surface area contributed by atoms with Gasteiger partial charge < -0.3 is 20.6 Å². The van der Waals surface area contributed by atoms with E-state index in [0.717, 1.165) is 25.7 Å². The molecule has 1 rings (SSSR count). The summed E-state index contributed by atoms with van der Waals surface area (Å²) in [6.07, 6.45) is 3.65. The van der Waals surface area contributed by atoms with Crippen LogP contribution in [0.5, 0.6) is 0 Å². The van der Waals surface area contributed by atoms with Crippen molar-refractivity contribution in [1.29, 1.82) is 0 Å². The zero-order valence-corrected chi connectivity index (χ0v) is 10.6. The summed E-state index contributed by atoms with van der Waals surface area (Å²) >= 11 is 0. The number of carbonyl (C=O) groups is 1. The SMILES string of the molecule is N[C@H](CC1CCCCC1CP(=O)(O)O)C(=O)O. The molecule has 0 spiro atoms. The van der Waals surface area contributed by atoms with Crippen LogP contribution in [0.3, 0.4) is 0 Å². The van der Waals surface area contributed by atoms with Crippen molar-refractivity contribution in [2.24, 2.45) is 17.6 Å². The van der Waals surface area contributed by atoms with Crippen molar-refractivity contribution in [1.82, 2.24) is 0 Å². The van der Waals surface area contributed by atoms with Crippen LogP contribution in [0.4, 0.5) is 0 Å². The first-order chi connectivity index (χ1) is 7.79. The maximum absolute atomic E-state index is 11.0. The van der Waals surface area contributed by atoms with Gasteiger partial charge in [0.2, 0.25) is 0 Å². The summed E-state index contributed by atoms with van der Waals surface area (Å²) in [5.41, 5.74) is 5.48. The Kier molecular flexibility index (Phi) is 5.13. The van der Waals surface area contributed by atoms with Crippen molar-refractivity contribution in [2.75, 3.05) is 6.16 Å². The predicted octanol–water partition coefficient (Wildman–Crippen LogP) is 0.772. The quantitative estimate of drug-likeness (QED) is 0.545. The second-order valence-electron chi connectivity index (χ2n) is 4.83. The molecule has 0 aromatic carbocycles. The molecule has 5 N–H and O–H groups in total. The Balaban J connectivity index is 2.60. The number of hydrogen-bond acceptors (Lipinski definition) is 3. The van der Waals surface area contributed by atoms with E-state index >= 15 is 0 Å². The molecular formula is C10H20NO5P. The number of rotatable bonds is 5. The van der Waals surface area contributed by atoms with Gasteiger partial charge >= 0.3 is 13.6 Å². The zero-order chi connectivity index (χ0) is 13.1. The van der Waals surface area contributed by atoms with E-state index < -0.39 is 19.6 Å². The highest BCUT2D eigenvalue weighted by Crippen LogP contribution is 2.44. The van der Waals surface area contributed by atoms with Crippen LogP contribution in [-0.2, 0) is 9.36 Å². The minimum Gasteiger partial charge on any atom is -0.480 e. The third-order valence-corrected chi connectivity index (χ3v) is 4.36. The first-order valence-corrected chi connectivity index (χ1v) is 7.62. The van der Waals surface area contributed by atoms with E-state index in [1.165, 1.54) is 0 Å². The highest BCUT2D eigenvalue weighted by molar-refractivity contribution is 7.51. The van der Waals surface area contributed by atoms with Gasteiger partial charge in [-0.05, 0) is 24.7 Å². The first-order valence-electron chi connectivity index (χ1n) is 5.82. The summed E-state index contributed by atoms with van der Waals surface area (Å²) in [6.45, 7) is 0. The second kappa shape index (κ2) is 5.96. The maximum atomic E-state index is 11.0. The van der Waals surface area contributed by atoms with Gasteiger partial charge in [-0.2, -0.15) is 0 Å². The fourth-order valence-corrected chi connectivity index (χ4v) is 3.66. The van der Waals surface area contributed by atoms with Gasteiger partial charge in [0.15, 0.2) is 0 Å².